The summed E-state index contributed by atoms with van der Waals surface area (Å²) in [5, 5.41) is 16.5. The highest BCUT2D eigenvalue weighted by Crippen LogP contribution is 2.13. The zero-order chi connectivity index (χ0) is 14.5. The first-order valence-electron chi connectivity index (χ1n) is 5.68. The van der Waals surface area contributed by atoms with Crippen molar-refractivity contribution in [1.29, 1.82) is 5.41 Å². The Morgan fingerprint density at radius 1 is 1.37 bits per heavy atom. The average molecular weight is 281 g/mol. The van der Waals surface area contributed by atoms with Gasteiger partial charge in [-0.15, -0.1) is 0 Å². The van der Waals surface area contributed by atoms with E-state index in [-0.39, 0.29) is 6.42 Å². The van der Waals surface area contributed by atoms with Crippen LogP contribution < -0.4 is 0 Å². The number of hydrogen-bond donors (Lipinski definition) is 2. The van der Waals surface area contributed by atoms with Gasteiger partial charge in [0.25, 0.3) is 0 Å². The number of hydrogen-bond acceptors (Lipinski definition) is 4. The number of carbonyl (C=O) groups is 1. The van der Waals surface area contributed by atoms with Crippen molar-refractivity contribution < 1.29 is 18.3 Å². The molecule has 0 unspecified atom stereocenters. The van der Waals surface area contributed by atoms with Gasteiger partial charge in [0.15, 0.2) is 0 Å². The minimum Gasteiger partial charge on any atom is -0.481 e. The maximum absolute atomic E-state index is 11.8. The molecule has 0 fully saturated rings. The lowest BCUT2D eigenvalue weighted by molar-refractivity contribution is -0.139. The second-order valence-corrected chi connectivity index (χ2v) is 5.72. The second-order valence-electron chi connectivity index (χ2n) is 3.92. The van der Waals surface area contributed by atoms with Crippen LogP contribution in [-0.2, 0) is 14.6 Å². The van der Waals surface area contributed by atoms with Crippen molar-refractivity contribution in [3.05, 3.63) is 41.3 Å². The monoisotopic (exact) mass is 281 g/mol. The minimum atomic E-state index is -3.99. The topological polar surface area (TPSA) is 95.3 Å². The maximum Gasteiger partial charge on any atom is 0.313 e. The van der Waals surface area contributed by atoms with Crippen molar-refractivity contribution in [3.63, 3.8) is 0 Å². The Labute approximate surface area is 112 Å². The van der Waals surface area contributed by atoms with Gasteiger partial charge in [-0.1, -0.05) is 37.3 Å². The maximum atomic E-state index is 11.8. The third-order valence-electron chi connectivity index (χ3n) is 2.57. The molecule has 1 aromatic carbocycles. The summed E-state index contributed by atoms with van der Waals surface area (Å²) in [5.74, 6) is -2.60. The molecule has 1 atom stereocenters. The van der Waals surface area contributed by atoms with Crippen molar-refractivity contribution in [1.82, 2.24) is 0 Å². The highest BCUT2D eigenvalue weighted by molar-refractivity contribution is 8.09. The van der Waals surface area contributed by atoms with E-state index in [0.29, 0.717) is 5.56 Å². The molecule has 0 saturated carbocycles. The molecule has 19 heavy (non-hydrogen) atoms. The zero-order valence-electron chi connectivity index (χ0n) is 10.4. The Morgan fingerprint density at radius 3 is 2.42 bits per heavy atom. The van der Waals surface area contributed by atoms with Crippen LogP contribution in [0.3, 0.4) is 0 Å². The van der Waals surface area contributed by atoms with Crippen LogP contribution in [-0.4, -0.2) is 24.5 Å². The van der Waals surface area contributed by atoms with Crippen LogP contribution in [0, 0.1) is 11.3 Å². The van der Waals surface area contributed by atoms with E-state index in [0.717, 1.165) is 5.41 Å². The standard InChI is InChI=1S/C13H15NO4S/c1-2-11(13(15)16)12(14)19(17,18)9-8-10-6-4-3-5-7-10/h3-9,11,14H,2H2,1H3,(H,15,16)/t11-/m1/s1. The molecule has 6 heteroatoms. The van der Waals surface area contributed by atoms with E-state index in [1.165, 1.54) is 13.0 Å². The largest absolute Gasteiger partial charge is 0.481 e. The lowest BCUT2D eigenvalue weighted by Crippen LogP contribution is -2.27. The highest BCUT2D eigenvalue weighted by Gasteiger charge is 2.29. The SMILES string of the molecule is CC[C@H](C(=N)S(=O)(=O)C=Cc1ccccc1)C(=O)O. The molecule has 1 aromatic rings. The molecule has 0 aromatic heterocycles. The van der Waals surface area contributed by atoms with Crippen LogP contribution in [0.1, 0.15) is 18.9 Å². The molecule has 0 amide bonds. The van der Waals surface area contributed by atoms with E-state index in [1.54, 1.807) is 30.3 Å². The first kappa shape index (κ1) is 15.1. The summed E-state index contributed by atoms with van der Waals surface area (Å²) in [6, 6.07) is 8.73. The van der Waals surface area contributed by atoms with Crippen molar-refractivity contribution in [3.8, 4) is 0 Å². The Bertz CT molecular complexity index is 590. The van der Waals surface area contributed by atoms with E-state index < -0.39 is 26.8 Å². The number of carboxylic acids is 1. The van der Waals surface area contributed by atoms with Gasteiger partial charge in [0.1, 0.15) is 11.0 Å². The molecule has 0 bridgehead atoms. The van der Waals surface area contributed by atoms with E-state index in [9.17, 15) is 13.2 Å². The van der Waals surface area contributed by atoms with Crippen LogP contribution in [0.4, 0.5) is 0 Å². The summed E-state index contributed by atoms with van der Waals surface area (Å²) < 4.78 is 23.7. The smallest absolute Gasteiger partial charge is 0.313 e. The zero-order valence-corrected chi connectivity index (χ0v) is 11.2. The number of benzene rings is 1. The van der Waals surface area contributed by atoms with Crippen LogP contribution in [0.15, 0.2) is 35.7 Å². The van der Waals surface area contributed by atoms with Gasteiger partial charge < -0.3 is 5.11 Å². The predicted molar refractivity (Wildman–Crippen MR) is 73.5 cm³/mol. The Kier molecular flexibility index (Phi) is 5.00. The Morgan fingerprint density at radius 2 is 1.95 bits per heavy atom. The third kappa shape index (κ3) is 4.03. The van der Waals surface area contributed by atoms with Crippen molar-refractivity contribution in [2.75, 3.05) is 0 Å². The molecule has 0 radical (unpaired) electrons. The fourth-order valence-electron chi connectivity index (χ4n) is 1.48. The predicted octanol–water partition coefficient (Wildman–Crippen LogP) is 2.16. The molecule has 2 N–H and O–H groups in total. The van der Waals surface area contributed by atoms with Crippen LogP contribution >= 0.6 is 0 Å². The molecular weight excluding hydrogens is 266 g/mol. The van der Waals surface area contributed by atoms with E-state index in [1.807, 2.05) is 0 Å². The van der Waals surface area contributed by atoms with Gasteiger partial charge in [0, 0.05) is 5.41 Å². The van der Waals surface area contributed by atoms with E-state index in [4.69, 9.17) is 10.5 Å². The lowest BCUT2D eigenvalue weighted by atomic mass is 10.1. The average Bonchev–Trinajstić information content (AvgIpc) is 2.38. The molecule has 102 valence electrons. The summed E-state index contributed by atoms with van der Waals surface area (Å²) >= 11 is 0. The van der Waals surface area contributed by atoms with E-state index >= 15 is 0 Å². The summed E-state index contributed by atoms with van der Waals surface area (Å²) in [7, 11) is -3.99. The van der Waals surface area contributed by atoms with Crippen LogP contribution in [0.2, 0.25) is 0 Å². The van der Waals surface area contributed by atoms with Gasteiger partial charge in [-0.2, -0.15) is 0 Å². The number of nitrogens with one attached hydrogen (secondary N) is 1. The molecule has 5 nitrogen and oxygen atoms in total. The van der Waals surface area contributed by atoms with Gasteiger partial charge in [-0.3, -0.25) is 10.2 Å². The summed E-state index contributed by atoms with van der Waals surface area (Å²) in [6.07, 6.45) is 1.41. The molecule has 0 aliphatic rings. The van der Waals surface area contributed by atoms with Crippen LogP contribution in [0.5, 0.6) is 0 Å². The Hall–Kier alpha value is -1.95. The molecule has 0 aliphatic heterocycles. The number of carboxylic acid groups (broad SMARTS) is 1. The molecule has 0 spiro atoms. The van der Waals surface area contributed by atoms with Crippen molar-refractivity contribution in [2.45, 2.75) is 13.3 Å². The summed E-state index contributed by atoms with van der Waals surface area (Å²) in [6.45, 7) is 1.53. The summed E-state index contributed by atoms with van der Waals surface area (Å²) in [5.41, 5.74) is 0.669. The van der Waals surface area contributed by atoms with Gasteiger partial charge in [-0.05, 0) is 18.1 Å². The molecule has 0 heterocycles. The fourth-order valence-corrected chi connectivity index (χ4v) is 2.62. The first-order chi connectivity index (χ1) is 8.88. The number of sulfone groups is 1. The fraction of sp³-hybridized carbons (Fsp3) is 0.231. The normalized spacial score (nSPS) is 13.3. The highest BCUT2D eigenvalue weighted by atomic mass is 32.2. The van der Waals surface area contributed by atoms with Crippen molar-refractivity contribution in [2.24, 2.45) is 5.92 Å². The van der Waals surface area contributed by atoms with Gasteiger partial charge in [-0.25, -0.2) is 8.42 Å². The number of rotatable bonds is 5. The molecule has 0 saturated heterocycles. The van der Waals surface area contributed by atoms with Crippen molar-refractivity contribution >= 4 is 26.9 Å². The lowest BCUT2D eigenvalue weighted by Gasteiger charge is -2.09. The number of aliphatic carboxylic acids is 1. The van der Waals surface area contributed by atoms with Gasteiger partial charge in [0.05, 0.1) is 0 Å². The first-order valence-corrected chi connectivity index (χ1v) is 7.22. The molecular formula is C13H15NO4S. The van der Waals surface area contributed by atoms with Gasteiger partial charge >= 0.3 is 5.97 Å². The third-order valence-corrected chi connectivity index (χ3v) is 3.96. The minimum absolute atomic E-state index is 0.0621. The Balaban J connectivity index is 2.96. The summed E-state index contributed by atoms with van der Waals surface area (Å²) in [4.78, 5) is 10.9. The van der Waals surface area contributed by atoms with E-state index in [2.05, 4.69) is 0 Å². The van der Waals surface area contributed by atoms with Gasteiger partial charge in [0.2, 0.25) is 9.84 Å². The molecule has 0 aliphatic carbocycles. The second kappa shape index (κ2) is 6.29. The van der Waals surface area contributed by atoms with Crippen LogP contribution in [0.25, 0.3) is 6.08 Å². The quantitative estimate of drug-likeness (QED) is 0.638. The molecule has 1 rings (SSSR count).